The van der Waals surface area contributed by atoms with Gasteiger partial charge in [-0.25, -0.2) is 4.98 Å². The Kier molecular flexibility index (Phi) is 2.32. The Balaban J connectivity index is 2.03. The van der Waals surface area contributed by atoms with Crippen LogP contribution in [-0.2, 0) is 0 Å². The van der Waals surface area contributed by atoms with Crippen LogP contribution in [0.1, 0.15) is 0 Å². The molecule has 0 spiro atoms. The van der Waals surface area contributed by atoms with Crippen molar-refractivity contribution in [2.45, 2.75) is 0 Å². The third-order valence-electron chi connectivity index (χ3n) is 3.16. The van der Waals surface area contributed by atoms with Gasteiger partial charge < -0.3 is 0 Å². The predicted octanol–water partition coefficient (Wildman–Crippen LogP) is 4.51. The van der Waals surface area contributed by atoms with Crippen LogP contribution in [0.5, 0.6) is 0 Å². The maximum absolute atomic E-state index is 4.71. The maximum atomic E-state index is 4.71. The number of nitrogens with zero attached hydrogens (tertiary/aromatic N) is 2. The van der Waals surface area contributed by atoms with Gasteiger partial charge in [0.25, 0.3) is 0 Å². The molecule has 2 heterocycles. The molecule has 4 aromatic rings. The first-order valence-corrected chi connectivity index (χ1v) is 6.93. The summed E-state index contributed by atoms with van der Waals surface area (Å²) in [4.78, 5) is 9.21. The Labute approximate surface area is 114 Å². The van der Waals surface area contributed by atoms with E-state index in [2.05, 4.69) is 35.3 Å². The Bertz CT molecular complexity index is 842. The van der Waals surface area contributed by atoms with E-state index in [4.69, 9.17) is 4.98 Å². The second-order valence-electron chi connectivity index (χ2n) is 4.37. The highest BCUT2D eigenvalue weighted by Gasteiger charge is 2.09. The van der Waals surface area contributed by atoms with Crippen molar-refractivity contribution in [3.8, 4) is 10.6 Å². The van der Waals surface area contributed by atoms with E-state index in [9.17, 15) is 0 Å². The molecule has 3 heteroatoms. The molecular weight excluding hydrogens is 252 g/mol. The summed E-state index contributed by atoms with van der Waals surface area (Å²) in [5, 5.41) is 2.18. The molecule has 2 nitrogen and oxygen atoms in total. The molecule has 2 aromatic carbocycles. The number of aromatic nitrogens is 2. The predicted molar refractivity (Wildman–Crippen MR) is 80.4 cm³/mol. The van der Waals surface area contributed by atoms with Gasteiger partial charge in [-0.3, -0.25) is 4.98 Å². The van der Waals surface area contributed by atoms with Crippen LogP contribution in [0.3, 0.4) is 0 Å². The third kappa shape index (κ3) is 1.71. The van der Waals surface area contributed by atoms with Gasteiger partial charge >= 0.3 is 0 Å². The number of rotatable bonds is 1. The van der Waals surface area contributed by atoms with E-state index < -0.39 is 0 Å². The molecule has 0 saturated carbocycles. The minimum atomic E-state index is 1.02. The molecular formula is C16H10N2S. The molecule has 19 heavy (non-hydrogen) atoms. The molecule has 0 amide bonds. The van der Waals surface area contributed by atoms with Crippen LogP contribution in [0.15, 0.2) is 60.8 Å². The topological polar surface area (TPSA) is 25.8 Å². The molecule has 4 rings (SSSR count). The summed E-state index contributed by atoms with van der Waals surface area (Å²) >= 11 is 1.71. The minimum Gasteiger partial charge on any atom is -0.256 e. The van der Waals surface area contributed by atoms with E-state index in [0.717, 1.165) is 27.0 Å². The number of benzene rings is 2. The highest BCUT2D eigenvalue weighted by molar-refractivity contribution is 7.21. The second-order valence-corrected chi connectivity index (χ2v) is 5.40. The van der Waals surface area contributed by atoms with Crippen molar-refractivity contribution in [1.29, 1.82) is 0 Å². The SMILES string of the molecule is c1cnc2c(-c3nc4ccccc4s3)cccc2c1. The lowest BCUT2D eigenvalue weighted by Gasteiger charge is -2.01. The highest BCUT2D eigenvalue weighted by atomic mass is 32.1. The minimum absolute atomic E-state index is 1.02. The molecule has 2 aromatic heterocycles. The number of pyridine rings is 1. The first-order chi connectivity index (χ1) is 9.42. The van der Waals surface area contributed by atoms with E-state index in [0.29, 0.717) is 0 Å². The average molecular weight is 262 g/mol. The van der Waals surface area contributed by atoms with Gasteiger partial charge in [-0.2, -0.15) is 0 Å². The monoisotopic (exact) mass is 262 g/mol. The first kappa shape index (κ1) is 10.6. The fraction of sp³-hybridized carbons (Fsp3) is 0. The normalized spacial score (nSPS) is 11.2. The number of para-hydroxylation sites is 2. The molecule has 0 bridgehead atoms. The van der Waals surface area contributed by atoms with Crippen LogP contribution < -0.4 is 0 Å². The third-order valence-corrected chi connectivity index (χ3v) is 4.23. The fourth-order valence-corrected chi connectivity index (χ4v) is 3.26. The standard InChI is InChI=1S/C16H10N2S/c1-2-9-14-13(8-1)18-16(19-14)12-7-3-5-11-6-4-10-17-15(11)12/h1-10H. The van der Waals surface area contributed by atoms with Gasteiger partial charge in [0, 0.05) is 17.1 Å². The largest absolute Gasteiger partial charge is 0.256 e. The van der Waals surface area contributed by atoms with E-state index in [1.807, 2.05) is 30.5 Å². The van der Waals surface area contributed by atoms with Gasteiger partial charge in [-0.1, -0.05) is 30.3 Å². The smallest absolute Gasteiger partial charge is 0.126 e. The van der Waals surface area contributed by atoms with E-state index in [1.165, 1.54) is 4.70 Å². The molecule has 90 valence electrons. The summed E-state index contributed by atoms with van der Waals surface area (Å²) in [5.41, 5.74) is 3.18. The average Bonchev–Trinajstić information content (AvgIpc) is 2.90. The molecule has 0 atom stereocenters. The van der Waals surface area contributed by atoms with Crippen LogP contribution >= 0.6 is 11.3 Å². The van der Waals surface area contributed by atoms with Gasteiger partial charge in [0.1, 0.15) is 5.01 Å². The molecule has 0 fully saturated rings. The highest BCUT2D eigenvalue weighted by Crippen LogP contribution is 2.33. The van der Waals surface area contributed by atoms with Crippen molar-refractivity contribution in [1.82, 2.24) is 9.97 Å². The Hall–Kier alpha value is -2.26. The molecule has 0 aliphatic carbocycles. The zero-order valence-electron chi connectivity index (χ0n) is 10.1. The summed E-state index contributed by atoms with van der Waals surface area (Å²) in [6, 6.07) is 18.5. The lowest BCUT2D eigenvalue weighted by atomic mass is 10.1. The molecule has 0 radical (unpaired) electrons. The van der Waals surface area contributed by atoms with Gasteiger partial charge in [0.05, 0.1) is 15.7 Å². The van der Waals surface area contributed by atoms with Crippen molar-refractivity contribution in [3.63, 3.8) is 0 Å². The van der Waals surface area contributed by atoms with Crippen LogP contribution in [0.2, 0.25) is 0 Å². The van der Waals surface area contributed by atoms with E-state index >= 15 is 0 Å². The molecule has 0 saturated heterocycles. The van der Waals surface area contributed by atoms with Crippen LogP contribution in [0.4, 0.5) is 0 Å². The van der Waals surface area contributed by atoms with E-state index in [1.54, 1.807) is 11.3 Å². The summed E-state index contributed by atoms with van der Waals surface area (Å²) in [6.07, 6.45) is 1.83. The van der Waals surface area contributed by atoms with Gasteiger partial charge in [0.15, 0.2) is 0 Å². The molecule has 0 aliphatic heterocycles. The Morgan fingerprint density at radius 3 is 2.68 bits per heavy atom. The summed E-state index contributed by atoms with van der Waals surface area (Å²) in [6.45, 7) is 0. The van der Waals surface area contributed by atoms with Gasteiger partial charge in [-0.15, -0.1) is 11.3 Å². The summed E-state index contributed by atoms with van der Waals surface area (Å²) in [5.74, 6) is 0. The lowest BCUT2D eigenvalue weighted by molar-refractivity contribution is 1.40. The van der Waals surface area contributed by atoms with Crippen LogP contribution in [0, 0.1) is 0 Å². The van der Waals surface area contributed by atoms with Gasteiger partial charge in [-0.05, 0) is 24.3 Å². The Morgan fingerprint density at radius 2 is 1.74 bits per heavy atom. The van der Waals surface area contributed by atoms with Crippen LogP contribution in [0.25, 0.3) is 31.7 Å². The number of thiazole rings is 1. The van der Waals surface area contributed by atoms with Gasteiger partial charge in [0.2, 0.25) is 0 Å². The van der Waals surface area contributed by atoms with Crippen molar-refractivity contribution in [3.05, 3.63) is 60.8 Å². The molecule has 0 aliphatic rings. The molecule has 0 N–H and O–H groups in total. The van der Waals surface area contributed by atoms with Crippen molar-refractivity contribution < 1.29 is 0 Å². The van der Waals surface area contributed by atoms with Crippen LogP contribution in [-0.4, -0.2) is 9.97 Å². The van der Waals surface area contributed by atoms with Crippen molar-refractivity contribution in [2.24, 2.45) is 0 Å². The zero-order chi connectivity index (χ0) is 12.7. The maximum Gasteiger partial charge on any atom is 0.126 e. The molecule has 0 unspecified atom stereocenters. The fourth-order valence-electron chi connectivity index (χ4n) is 2.26. The summed E-state index contributed by atoms with van der Waals surface area (Å²) in [7, 11) is 0. The number of fused-ring (bicyclic) bond motifs is 2. The van der Waals surface area contributed by atoms with Crippen molar-refractivity contribution >= 4 is 32.5 Å². The lowest BCUT2D eigenvalue weighted by Crippen LogP contribution is -1.83. The quantitative estimate of drug-likeness (QED) is 0.504. The zero-order valence-corrected chi connectivity index (χ0v) is 10.9. The Morgan fingerprint density at radius 1 is 0.842 bits per heavy atom. The van der Waals surface area contributed by atoms with Crippen molar-refractivity contribution in [2.75, 3.05) is 0 Å². The first-order valence-electron chi connectivity index (χ1n) is 6.11. The number of hydrogen-bond acceptors (Lipinski definition) is 3. The number of hydrogen-bond donors (Lipinski definition) is 0. The van der Waals surface area contributed by atoms with E-state index in [-0.39, 0.29) is 0 Å². The summed E-state index contributed by atoms with van der Waals surface area (Å²) < 4.78 is 1.21. The second kappa shape index (κ2) is 4.14.